The minimum Gasteiger partial charge on any atom is -0.337 e. The summed E-state index contributed by atoms with van der Waals surface area (Å²) < 4.78 is 50.7. The van der Waals surface area contributed by atoms with Crippen molar-refractivity contribution in [1.82, 2.24) is 9.80 Å². The summed E-state index contributed by atoms with van der Waals surface area (Å²) in [5, 5.41) is 0. The number of halogens is 4. The highest BCUT2D eigenvalue weighted by Gasteiger charge is 2.32. The molecule has 0 saturated carbocycles. The number of benzene rings is 1. The Morgan fingerprint density at radius 3 is 2.48 bits per heavy atom. The lowest BCUT2D eigenvalue weighted by atomic mass is 10.2. The molecule has 1 amide bonds. The summed E-state index contributed by atoms with van der Waals surface area (Å²) in [5.74, 6) is -1.08. The second kappa shape index (κ2) is 6.43. The van der Waals surface area contributed by atoms with Crippen molar-refractivity contribution in [2.24, 2.45) is 0 Å². The minimum atomic E-state index is -4.25. The Morgan fingerprint density at radius 2 is 1.81 bits per heavy atom. The number of hydrogen-bond acceptors (Lipinski definition) is 2. The number of rotatable bonds is 2. The van der Waals surface area contributed by atoms with Crippen molar-refractivity contribution in [2.45, 2.75) is 12.6 Å². The average molecular weight is 304 g/mol. The first-order chi connectivity index (χ1) is 9.87. The molecule has 1 heterocycles. The van der Waals surface area contributed by atoms with Gasteiger partial charge in [-0.3, -0.25) is 9.69 Å². The van der Waals surface area contributed by atoms with Crippen LogP contribution in [0.4, 0.5) is 17.6 Å². The fraction of sp³-hybridized carbons (Fsp3) is 0.500. The fourth-order valence-corrected chi connectivity index (χ4v) is 2.39. The van der Waals surface area contributed by atoms with Gasteiger partial charge in [-0.05, 0) is 18.6 Å². The topological polar surface area (TPSA) is 23.6 Å². The van der Waals surface area contributed by atoms with E-state index in [9.17, 15) is 22.4 Å². The first-order valence-electron chi connectivity index (χ1n) is 6.70. The van der Waals surface area contributed by atoms with Crippen molar-refractivity contribution < 1.29 is 22.4 Å². The van der Waals surface area contributed by atoms with Crippen LogP contribution in [-0.2, 0) is 0 Å². The number of carbonyl (C=O) groups is 1. The zero-order valence-electron chi connectivity index (χ0n) is 11.4. The number of nitrogens with zero attached hydrogens (tertiary/aromatic N) is 2. The van der Waals surface area contributed by atoms with Gasteiger partial charge in [-0.15, -0.1) is 0 Å². The lowest BCUT2D eigenvalue weighted by Crippen LogP contribution is -2.38. The molecule has 0 radical (unpaired) electrons. The van der Waals surface area contributed by atoms with Gasteiger partial charge < -0.3 is 4.90 Å². The van der Waals surface area contributed by atoms with Gasteiger partial charge in [0, 0.05) is 26.2 Å². The summed E-state index contributed by atoms with van der Waals surface area (Å²) in [5.41, 5.74) is -0.0400. The smallest absolute Gasteiger partial charge is 0.337 e. The molecule has 1 aromatic rings. The van der Waals surface area contributed by atoms with Gasteiger partial charge in [0.05, 0.1) is 12.1 Å². The average Bonchev–Trinajstić information content (AvgIpc) is 2.62. The van der Waals surface area contributed by atoms with Crippen LogP contribution >= 0.6 is 0 Å². The maximum atomic E-state index is 13.6. The van der Waals surface area contributed by atoms with Gasteiger partial charge in [-0.2, -0.15) is 13.2 Å². The number of hydrogen-bond donors (Lipinski definition) is 0. The summed E-state index contributed by atoms with van der Waals surface area (Å²) in [6.45, 7) is -0.0558. The quantitative estimate of drug-likeness (QED) is 0.784. The number of carbonyl (C=O) groups excluding carboxylic acids is 1. The van der Waals surface area contributed by atoms with Crippen molar-refractivity contribution in [3.05, 3.63) is 35.6 Å². The van der Waals surface area contributed by atoms with Gasteiger partial charge in [0.25, 0.3) is 5.91 Å². The molecule has 1 aliphatic heterocycles. The highest BCUT2D eigenvalue weighted by molar-refractivity contribution is 5.94. The second-order valence-electron chi connectivity index (χ2n) is 5.02. The Balaban J connectivity index is 2.00. The lowest BCUT2D eigenvalue weighted by molar-refractivity contribution is -0.145. The molecule has 0 bridgehead atoms. The van der Waals surface area contributed by atoms with E-state index in [4.69, 9.17) is 0 Å². The molecular formula is C14H16F4N2O. The van der Waals surface area contributed by atoms with Crippen LogP contribution in [0, 0.1) is 5.82 Å². The molecule has 116 valence electrons. The maximum Gasteiger partial charge on any atom is 0.401 e. The molecule has 21 heavy (non-hydrogen) atoms. The summed E-state index contributed by atoms with van der Waals surface area (Å²) in [6, 6.07) is 5.63. The predicted molar refractivity (Wildman–Crippen MR) is 69.4 cm³/mol. The molecule has 2 rings (SSSR count). The zero-order chi connectivity index (χ0) is 15.5. The van der Waals surface area contributed by atoms with Crippen molar-refractivity contribution >= 4 is 5.91 Å². The molecular weight excluding hydrogens is 288 g/mol. The van der Waals surface area contributed by atoms with E-state index >= 15 is 0 Å². The predicted octanol–water partition coefficient (Wildman–Crippen LogP) is 2.54. The Hall–Kier alpha value is -1.63. The molecule has 7 heteroatoms. The monoisotopic (exact) mass is 304 g/mol. The van der Waals surface area contributed by atoms with Gasteiger partial charge in [0.1, 0.15) is 5.82 Å². The summed E-state index contributed by atoms with van der Waals surface area (Å²) in [4.78, 5) is 14.9. The second-order valence-corrected chi connectivity index (χ2v) is 5.02. The molecule has 1 aromatic carbocycles. The van der Waals surface area contributed by atoms with Gasteiger partial charge in [-0.1, -0.05) is 12.1 Å². The Morgan fingerprint density at radius 1 is 1.10 bits per heavy atom. The van der Waals surface area contributed by atoms with E-state index in [1.807, 2.05) is 0 Å². The van der Waals surface area contributed by atoms with Crippen LogP contribution in [0.3, 0.4) is 0 Å². The molecule has 0 unspecified atom stereocenters. The Bertz CT molecular complexity index is 504. The zero-order valence-corrected chi connectivity index (χ0v) is 11.4. The number of amides is 1. The van der Waals surface area contributed by atoms with E-state index in [1.54, 1.807) is 6.07 Å². The van der Waals surface area contributed by atoms with E-state index in [1.165, 1.54) is 28.0 Å². The largest absolute Gasteiger partial charge is 0.401 e. The van der Waals surface area contributed by atoms with Crippen molar-refractivity contribution in [3.8, 4) is 0 Å². The first-order valence-corrected chi connectivity index (χ1v) is 6.70. The summed E-state index contributed by atoms with van der Waals surface area (Å²) in [7, 11) is 0. The van der Waals surface area contributed by atoms with Crippen LogP contribution in [0.15, 0.2) is 24.3 Å². The molecule has 1 fully saturated rings. The number of alkyl halides is 3. The first kappa shape index (κ1) is 15.8. The molecule has 0 spiro atoms. The normalized spacial score (nSPS) is 17.6. The molecule has 1 aliphatic rings. The lowest BCUT2D eigenvalue weighted by Gasteiger charge is -2.23. The van der Waals surface area contributed by atoms with Crippen LogP contribution in [-0.4, -0.2) is 54.6 Å². The van der Waals surface area contributed by atoms with Crippen molar-refractivity contribution in [2.75, 3.05) is 32.7 Å². The Kier molecular flexibility index (Phi) is 4.82. The fourth-order valence-electron chi connectivity index (χ4n) is 2.39. The van der Waals surface area contributed by atoms with Crippen LogP contribution in [0.2, 0.25) is 0 Å². The van der Waals surface area contributed by atoms with Crippen LogP contribution in [0.1, 0.15) is 16.8 Å². The van der Waals surface area contributed by atoms with E-state index in [-0.39, 0.29) is 25.2 Å². The van der Waals surface area contributed by atoms with Crippen LogP contribution < -0.4 is 0 Å². The van der Waals surface area contributed by atoms with Crippen molar-refractivity contribution in [1.29, 1.82) is 0 Å². The van der Waals surface area contributed by atoms with Crippen LogP contribution in [0.5, 0.6) is 0 Å². The third-order valence-electron chi connectivity index (χ3n) is 3.38. The third kappa shape index (κ3) is 4.42. The molecule has 0 atom stereocenters. The molecule has 0 aromatic heterocycles. The minimum absolute atomic E-state index is 0.0400. The van der Waals surface area contributed by atoms with Gasteiger partial charge in [-0.25, -0.2) is 4.39 Å². The third-order valence-corrected chi connectivity index (χ3v) is 3.38. The van der Waals surface area contributed by atoms with E-state index < -0.39 is 24.4 Å². The SMILES string of the molecule is O=C(c1ccccc1F)N1CCCN(CC(F)(F)F)CC1. The highest BCUT2D eigenvalue weighted by atomic mass is 19.4. The summed E-state index contributed by atoms with van der Waals surface area (Å²) in [6.07, 6.45) is -3.80. The molecule has 0 N–H and O–H groups in total. The van der Waals surface area contributed by atoms with E-state index in [2.05, 4.69) is 0 Å². The van der Waals surface area contributed by atoms with Gasteiger partial charge in [0.15, 0.2) is 0 Å². The molecule has 1 saturated heterocycles. The standard InChI is InChI=1S/C14H16F4N2O/c15-12-5-2-1-4-11(12)13(21)20-7-3-6-19(8-9-20)10-14(16,17)18/h1-2,4-5H,3,6-10H2. The molecule has 0 aliphatic carbocycles. The van der Waals surface area contributed by atoms with Crippen molar-refractivity contribution in [3.63, 3.8) is 0 Å². The Labute approximate surface area is 120 Å². The van der Waals surface area contributed by atoms with E-state index in [0.29, 0.717) is 13.0 Å². The van der Waals surface area contributed by atoms with Gasteiger partial charge >= 0.3 is 6.18 Å². The van der Waals surface area contributed by atoms with Gasteiger partial charge in [0.2, 0.25) is 0 Å². The molecule has 3 nitrogen and oxygen atoms in total. The summed E-state index contributed by atoms with van der Waals surface area (Å²) >= 11 is 0. The van der Waals surface area contributed by atoms with Crippen LogP contribution in [0.25, 0.3) is 0 Å². The maximum absolute atomic E-state index is 13.6. The van der Waals surface area contributed by atoms with E-state index in [0.717, 1.165) is 0 Å². The highest BCUT2D eigenvalue weighted by Crippen LogP contribution is 2.18.